The number of carbonyl (C=O) groups is 1. The molecule has 0 bridgehead atoms. The Kier molecular flexibility index (Phi) is 4.20. The molecule has 25 heavy (non-hydrogen) atoms. The van der Waals surface area contributed by atoms with Crippen LogP contribution < -0.4 is 0 Å². The number of aromatic nitrogens is 2. The highest BCUT2D eigenvalue weighted by Crippen LogP contribution is 2.30. The van der Waals surface area contributed by atoms with E-state index < -0.39 is 0 Å². The summed E-state index contributed by atoms with van der Waals surface area (Å²) < 4.78 is 0. The average Bonchev–Trinajstić information content (AvgIpc) is 3.23. The van der Waals surface area contributed by atoms with Crippen molar-refractivity contribution in [3.8, 4) is 0 Å². The third-order valence-corrected chi connectivity index (χ3v) is 5.90. The third kappa shape index (κ3) is 2.91. The van der Waals surface area contributed by atoms with Gasteiger partial charge in [-0.15, -0.1) is 0 Å². The molecule has 5 heteroatoms. The van der Waals surface area contributed by atoms with Crippen LogP contribution >= 0.6 is 0 Å². The van der Waals surface area contributed by atoms with E-state index in [0.717, 1.165) is 53.9 Å². The Bertz CT molecular complexity index is 819. The smallest absolute Gasteiger partial charge is 0.254 e. The molecule has 0 N–H and O–H groups in total. The molecule has 5 nitrogen and oxygen atoms in total. The highest BCUT2D eigenvalue weighted by Gasteiger charge is 2.38. The number of nitrogens with zero attached hydrogens (tertiary/aromatic N) is 4. The number of carbonyl (C=O) groups excluding carboxylic acids is 1. The van der Waals surface area contributed by atoms with Gasteiger partial charge in [-0.2, -0.15) is 0 Å². The van der Waals surface area contributed by atoms with Crippen LogP contribution in [-0.4, -0.2) is 57.9 Å². The predicted octanol–water partition coefficient (Wildman–Crippen LogP) is 2.95. The lowest BCUT2D eigenvalue weighted by atomic mass is 10.0. The van der Waals surface area contributed by atoms with Gasteiger partial charge in [-0.05, 0) is 71.3 Å². The van der Waals surface area contributed by atoms with Gasteiger partial charge in [0.15, 0.2) is 0 Å². The maximum Gasteiger partial charge on any atom is 0.254 e. The van der Waals surface area contributed by atoms with Gasteiger partial charge in [0.05, 0.1) is 22.4 Å². The Morgan fingerprint density at radius 2 is 1.68 bits per heavy atom. The number of hydrogen-bond donors (Lipinski definition) is 0. The van der Waals surface area contributed by atoms with Gasteiger partial charge >= 0.3 is 0 Å². The van der Waals surface area contributed by atoms with Crippen LogP contribution in [0.4, 0.5) is 0 Å². The van der Waals surface area contributed by atoms with Crippen molar-refractivity contribution in [3.05, 3.63) is 35.2 Å². The van der Waals surface area contributed by atoms with Crippen LogP contribution in [0, 0.1) is 13.8 Å². The number of benzene rings is 1. The molecule has 4 rings (SSSR count). The first-order valence-electron chi connectivity index (χ1n) is 9.31. The van der Waals surface area contributed by atoms with Crippen LogP contribution in [-0.2, 0) is 0 Å². The first kappa shape index (κ1) is 16.5. The molecule has 0 aliphatic carbocycles. The van der Waals surface area contributed by atoms with Crippen LogP contribution in [0.2, 0.25) is 0 Å². The second kappa shape index (κ2) is 6.37. The zero-order chi connectivity index (χ0) is 17.6. The third-order valence-electron chi connectivity index (χ3n) is 5.90. The zero-order valence-corrected chi connectivity index (χ0v) is 15.3. The Hall–Kier alpha value is -2.01. The number of likely N-dealkylation sites (N-methyl/N-ethyl adjacent to an activating group) is 1. The fourth-order valence-corrected chi connectivity index (χ4v) is 4.40. The van der Waals surface area contributed by atoms with Gasteiger partial charge in [-0.3, -0.25) is 4.79 Å². The summed E-state index contributed by atoms with van der Waals surface area (Å²) >= 11 is 0. The lowest BCUT2D eigenvalue weighted by Crippen LogP contribution is -2.47. The molecular weight excluding hydrogens is 312 g/mol. The van der Waals surface area contributed by atoms with Crippen molar-refractivity contribution in [2.45, 2.75) is 51.6 Å². The van der Waals surface area contributed by atoms with E-state index in [1.165, 1.54) is 12.8 Å². The average molecular weight is 338 g/mol. The van der Waals surface area contributed by atoms with E-state index in [1.54, 1.807) is 0 Å². The molecule has 0 saturated carbocycles. The molecule has 0 radical (unpaired) electrons. The molecular formula is C20H26N4O. The van der Waals surface area contributed by atoms with E-state index in [2.05, 4.69) is 26.8 Å². The predicted molar refractivity (Wildman–Crippen MR) is 98.7 cm³/mol. The Morgan fingerprint density at radius 3 is 2.40 bits per heavy atom. The minimum Gasteiger partial charge on any atom is -0.334 e. The zero-order valence-electron chi connectivity index (χ0n) is 15.3. The number of rotatable bonds is 2. The maximum atomic E-state index is 13.2. The molecule has 3 heterocycles. The SMILES string of the molecule is Cc1nc2ccc(C(=O)N3CCC[C@H]3[C@H]3CCCN3C)cc2nc1C. The Morgan fingerprint density at radius 1 is 1.00 bits per heavy atom. The fraction of sp³-hybridized carbons (Fsp3) is 0.550. The van der Waals surface area contributed by atoms with Crippen LogP contribution in [0.3, 0.4) is 0 Å². The monoisotopic (exact) mass is 338 g/mol. The normalized spacial score (nSPS) is 24.4. The van der Waals surface area contributed by atoms with Crippen molar-refractivity contribution in [1.82, 2.24) is 19.8 Å². The van der Waals surface area contributed by atoms with Crippen molar-refractivity contribution < 1.29 is 4.79 Å². The lowest BCUT2D eigenvalue weighted by molar-refractivity contribution is 0.0664. The van der Waals surface area contributed by atoms with Crippen LogP contribution in [0.5, 0.6) is 0 Å². The summed E-state index contributed by atoms with van der Waals surface area (Å²) in [5.41, 5.74) is 4.26. The first-order chi connectivity index (χ1) is 12.0. The molecule has 132 valence electrons. The molecule has 2 atom stereocenters. The second-order valence-electron chi connectivity index (χ2n) is 7.50. The number of fused-ring (bicyclic) bond motifs is 1. The summed E-state index contributed by atoms with van der Waals surface area (Å²) in [6, 6.07) is 6.60. The molecule has 1 amide bonds. The molecule has 0 spiro atoms. The number of amides is 1. The Balaban J connectivity index is 1.63. The van der Waals surface area contributed by atoms with Crippen molar-refractivity contribution in [2.24, 2.45) is 0 Å². The quantitative estimate of drug-likeness (QED) is 0.845. The molecule has 2 aromatic rings. The van der Waals surface area contributed by atoms with Gasteiger partial charge in [0.25, 0.3) is 5.91 Å². The van der Waals surface area contributed by atoms with Crippen LogP contribution in [0.15, 0.2) is 18.2 Å². The number of aryl methyl sites for hydroxylation is 2. The van der Waals surface area contributed by atoms with Crippen LogP contribution in [0.25, 0.3) is 11.0 Å². The van der Waals surface area contributed by atoms with E-state index in [0.29, 0.717) is 12.1 Å². The molecule has 1 aromatic heterocycles. The minimum absolute atomic E-state index is 0.143. The summed E-state index contributed by atoms with van der Waals surface area (Å²) in [4.78, 5) is 26.9. The summed E-state index contributed by atoms with van der Waals surface area (Å²) in [5.74, 6) is 0.143. The molecule has 0 unspecified atom stereocenters. The highest BCUT2D eigenvalue weighted by atomic mass is 16.2. The van der Waals surface area contributed by atoms with E-state index in [-0.39, 0.29) is 5.91 Å². The lowest BCUT2D eigenvalue weighted by Gasteiger charge is -2.33. The van der Waals surface area contributed by atoms with Crippen LogP contribution in [0.1, 0.15) is 47.4 Å². The highest BCUT2D eigenvalue weighted by molar-refractivity contribution is 5.97. The first-order valence-corrected chi connectivity index (χ1v) is 9.31. The fourth-order valence-electron chi connectivity index (χ4n) is 4.40. The maximum absolute atomic E-state index is 13.2. The van der Waals surface area contributed by atoms with Crippen molar-refractivity contribution in [3.63, 3.8) is 0 Å². The molecule has 2 saturated heterocycles. The van der Waals surface area contributed by atoms with Gasteiger partial charge in [0.1, 0.15) is 0 Å². The van der Waals surface area contributed by atoms with Crippen molar-refractivity contribution >= 4 is 16.9 Å². The molecule has 2 aliphatic heterocycles. The summed E-state index contributed by atoms with van der Waals surface area (Å²) in [6.07, 6.45) is 4.66. The van der Waals surface area contributed by atoms with E-state index in [1.807, 2.05) is 32.0 Å². The van der Waals surface area contributed by atoms with Crippen molar-refractivity contribution in [2.75, 3.05) is 20.1 Å². The van der Waals surface area contributed by atoms with Gasteiger partial charge in [0, 0.05) is 24.2 Å². The van der Waals surface area contributed by atoms with Gasteiger partial charge < -0.3 is 9.80 Å². The number of likely N-dealkylation sites (tertiary alicyclic amines) is 2. The van der Waals surface area contributed by atoms with Gasteiger partial charge in [-0.25, -0.2) is 9.97 Å². The van der Waals surface area contributed by atoms with E-state index in [9.17, 15) is 4.79 Å². The van der Waals surface area contributed by atoms with E-state index >= 15 is 0 Å². The molecule has 1 aromatic carbocycles. The number of hydrogen-bond acceptors (Lipinski definition) is 4. The Labute approximate surface area is 149 Å². The minimum atomic E-state index is 0.143. The molecule has 2 fully saturated rings. The molecule has 2 aliphatic rings. The second-order valence-corrected chi connectivity index (χ2v) is 7.50. The van der Waals surface area contributed by atoms with Crippen molar-refractivity contribution in [1.29, 1.82) is 0 Å². The largest absolute Gasteiger partial charge is 0.334 e. The summed E-state index contributed by atoms with van der Waals surface area (Å²) in [7, 11) is 2.19. The van der Waals surface area contributed by atoms with E-state index in [4.69, 9.17) is 0 Å². The standard InChI is InChI=1S/C20H26N4O/c1-13-14(2)22-17-12-15(8-9-16(17)21-13)20(25)24-11-5-7-19(24)18-6-4-10-23(18)3/h8-9,12,18-19H,4-7,10-11H2,1-3H3/t18-,19+/m1/s1. The summed E-state index contributed by atoms with van der Waals surface area (Å²) in [5, 5.41) is 0. The van der Waals surface area contributed by atoms with Gasteiger partial charge in [0.2, 0.25) is 0 Å². The van der Waals surface area contributed by atoms with Gasteiger partial charge in [-0.1, -0.05) is 0 Å². The summed E-state index contributed by atoms with van der Waals surface area (Å²) in [6.45, 7) is 5.94. The topological polar surface area (TPSA) is 49.3 Å².